The molecular weight excluding hydrogens is 244 g/mol. The van der Waals surface area contributed by atoms with Gasteiger partial charge in [0.1, 0.15) is 5.69 Å². The van der Waals surface area contributed by atoms with Crippen molar-refractivity contribution in [1.82, 2.24) is 20.0 Å². The van der Waals surface area contributed by atoms with Gasteiger partial charge >= 0.3 is 11.8 Å². The summed E-state index contributed by atoms with van der Waals surface area (Å²) in [6.07, 6.45) is 4.89. The Morgan fingerprint density at radius 1 is 1.21 bits per heavy atom. The number of amides is 1. The molecule has 3 heterocycles. The highest BCUT2D eigenvalue weighted by molar-refractivity contribution is 5.90. The molecule has 1 saturated heterocycles. The highest BCUT2D eigenvalue weighted by Gasteiger charge is 2.24. The van der Waals surface area contributed by atoms with Crippen LogP contribution in [-0.2, 0) is 0 Å². The summed E-state index contributed by atoms with van der Waals surface area (Å²) >= 11 is 0. The fourth-order valence-electron chi connectivity index (χ4n) is 2.14. The Morgan fingerprint density at radius 2 is 2.05 bits per heavy atom. The lowest BCUT2D eigenvalue weighted by Gasteiger charge is -2.24. The predicted molar refractivity (Wildman–Crippen MR) is 67.3 cm³/mol. The number of likely N-dealkylation sites (tertiary alicyclic amines) is 1. The Balaban J connectivity index is 1.79. The van der Waals surface area contributed by atoms with Crippen LogP contribution in [0.25, 0.3) is 11.5 Å². The summed E-state index contributed by atoms with van der Waals surface area (Å²) in [6, 6.07) is 5.42. The van der Waals surface area contributed by atoms with Crippen LogP contribution in [0.4, 0.5) is 0 Å². The van der Waals surface area contributed by atoms with Crippen molar-refractivity contribution in [3.05, 3.63) is 30.3 Å². The SMILES string of the molecule is O=C(c1nc(-c2ccccn2)no1)N1CCCCC1. The van der Waals surface area contributed by atoms with Gasteiger partial charge < -0.3 is 9.42 Å². The minimum atomic E-state index is -0.186. The summed E-state index contributed by atoms with van der Waals surface area (Å²) in [4.78, 5) is 22.2. The zero-order chi connectivity index (χ0) is 13.1. The minimum absolute atomic E-state index is 0.0440. The number of carbonyl (C=O) groups is 1. The van der Waals surface area contributed by atoms with Gasteiger partial charge in [0, 0.05) is 19.3 Å². The van der Waals surface area contributed by atoms with E-state index in [9.17, 15) is 4.79 Å². The van der Waals surface area contributed by atoms with E-state index in [0.717, 1.165) is 25.9 Å². The third-order valence-corrected chi connectivity index (χ3v) is 3.15. The van der Waals surface area contributed by atoms with Crippen LogP contribution in [0.5, 0.6) is 0 Å². The van der Waals surface area contributed by atoms with Crippen LogP contribution in [0.1, 0.15) is 29.9 Å². The fraction of sp³-hybridized carbons (Fsp3) is 0.385. The zero-order valence-electron chi connectivity index (χ0n) is 10.5. The highest BCUT2D eigenvalue weighted by atomic mass is 16.5. The number of pyridine rings is 1. The fourth-order valence-corrected chi connectivity index (χ4v) is 2.14. The lowest BCUT2D eigenvalue weighted by atomic mass is 10.1. The first kappa shape index (κ1) is 11.8. The van der Waals surface area contributed by atoms with Crippen molar-refractivity contribution >= 4 is 5.91 Å². The van der Waals surface area contributed by atoms with Crippen LogP contribution in [0.2, 0.25) is 0 Å². The van der Waals surface area contributed by atoms with Gasteiger partial charge in [-0.25, -0.2) is 0 Å². The molecule has 0 bridgehead atoms. The van der Waals surface area contributed by atoms with Crippen molar-refractivity contribution < 1.29 is 9.32 Å². The Labute approximate surface area is 110 Å². The van der Waals surface area contributed by atoms with Gasteiger partial charge in [0.05, 0.1) is 0 Å². The molecule has 2 aromatic rings. The lowest BCUT2D eigenvalue weighted by Crippen LogP contribution is -2.35. The van der Waals surface area contributed by atoms with E-state index >= 15 is 0 Å². The number of piperidine rings is 1. The molecule has 2 aromatic heterocycles. The molecule has 0 spiro atoms. The number of nitrogens with zero attached hydrogens (tertiary/aromatic N) is 4. The number of hydrogen-bond donors (Lipinski definition) is 0. The molecule has 6 nitrogen and oxygen atoms in total. The van der Waals surface area contributed by atoms with E-state index < -0.39 is 0 Å². The van der Waals surface area contributed by atoms with Gasteiger partial charge in [-0.2, -0.15) is 4.98 Å². The van der Waals surface area contributed by atoms with E-state index in [1.807, 2.05) is 12.1 Å². The quantitative estimate of drug-likeness (QED) is 0.820. The average molecular weight is 258 g/mol. The summed E-state index contributed by atoms with van der Waals surface area (Å²) < 4.78 is 5.04. The third-order valence-electron chi connectivity index (χ3n) is 3.15. The minimum Gasteiger partial charge on any atom is -0.334 e. The summed E-state index contributed by atoms with van der Waals surface area (Å²) in [5.41, 5.74) is 0.601. The van der Waals surface area contributed by atoms with Gasteiger partial charge in [-0.3, -0.25) is 9.78 Å². The largest absolute Gasteiger partial charge is 0.334 e. The van der Waals surface area contributed by atoms with E-state index in [2.05, 4.69) is 15.1 Å². The van der Waals surface area contributed by atoms with E-state index in [1.54, 1.807) is 17.2 Å². The Morgan fingerprint density at radius 3 is 2.79 bits per heavy atom. The van der Waals surface area contributed by atoms with Crippen molar-refractivity contribution in [3.63, 3.8) is 0 Å². The summed E-state index contributed by atoms with van der Waals surface area (Å²) in [7, 11) is 0. The molecule has 0 unspecified atom stereocenters. The molecule has 98 valence electrons. The van der Waals surface area contributed by atoms with Crippen molar-refractivity contribution in [2.75, 3.05) is 13.1 Å². The molecule has 0 aromatic carbocycles. The predicted octanol–water partition coefficient (Wildman–Crippen LogP) is 1.76. The van der Waals surface area contributed by atoms with Crippen LogP contribution in [0.3, 0.4) is 0 Å². The van der Waals surface area contributed by atoms with E-state index in [0.29, 0.717) is 11.5 Å². The van der Waals surface area contributed by atoms with Crippen molar-refractivity contribution in [2.45, 2.75) is 19.3 Å². The highest BCUT2D eigenvalue weighted by Crippen LogP contribution is 2.15. The number of aromatic nitrogens is 3. The van der Waals surface area contributed by atoms with E-state index in [1.165, 1.54) is 6.42 Å². The molecule has 0 N–H and O–H groups in total. The Bertz CT molecular complexity index is 561. The first-order chi connectivity index (χ1) is 9.34. The van der Waals surface area contributed by atoms with Crippen LogP contribution < -0.4 is 0 Å². The molecule has 1 aliphatic rings. The maximum atomic E-state index is 12.2. The number of rotatable bonds is 2. The molecule has 1 fully saturated rings. The van der Waals surface area contributed by atoms with Gasteiger partial charge in [0.15, 0.2) is 0 Å². The van der Waals surface area contributed by atoms with Crippen molar-refractivity contribution in [3.8, 4) is 11.5 Å². The van der Waals surface area contributed by atoms with Crippen LogP contribution in [-0.4, -0.2) is 39.0 Å². The van der Waals surface area contributed by atoms with Gasteiger partial charge in [0.25, 0.3) is 0 Å². The molecule has 0 aliphatic carbocycles. The second kappa shape index (κ2) is 5.17. The monoisotopic (exact) mass is 258 g/mol. The second-order valence-electron chi connectivity index (χ2n) is 4.49. The van der Waals surface area contributed by atoms with Gasteiger partial charge in [-0.15, -0.1) is 0 Å². The molecule has 0 radical (unpaired) electrons. The number of carbonyl (C=O) groups excluding carboxylic acids is 1. The zero-order valence-corrected chi connectivity index (χ0v) is 10.5. The average Bonchev–Trinajstić information content (AvgIpc) is 2.98. The lowest BCUT2D eigenvalue weighted by molar-refractivity contribution is 0.0674. The molecule has 1 amide bonds. The van der Waals surface area contributed by atoms with Crippen LogP contribution >= 0.6 is 0 Å². The molecule has 0 saturated carbocycles. The third kappa shape index (κ3) is 2.47. The maximum absolute atomic E-state index is 12.2. The van der Waals surface area contributed by atoms with Gasteiger partial charge in [-0.05, 0) is 31.4 Å². The first-order valence-corrected chi connectivity index (χ1v) is 6.39. The molecule has 0 atom stereocenters. The smallest absolute Gasteiger partial charge is 0.316 e. The Hall–Kier alpha value is -2.24. The first-order valence-electron chi connectivity index (χ1n) is 6.39. The van der Waals surface area contributed by atoms with Crippen molar-refractivity contribution in [2.24, 2.45) is 0 Å². The van der Waals surface area contributed by atoms with E-state index in [4.69, 9.17) is 4.52 Å². The van der Waals surface area contributed by atoms with Crippen molar-refractivity contribution in [1.29, 1.82) is 0 Å². The summed E-state index contributed by atoms with van der Waals surface area (Å²) in [6.45, 7) is 1.53. The number of hydrogen-bond acceptors (Lipinski definition) is 5. The van der Waals surface area contributed by atoms with Gasteiger partial charge in [0.2, 0.25) is 5.82 Å². The van der Waals surface area contributed by atoms with Crippen LogP contribution in [0, 0.1) is 0 Å². The normalized spacial score (nSPS) is 15.5. The summed E-state index contributed by atoms with van der Waals surface area (Å²) in [5.74, 6) is 0.206. The molecular formula is C13H14N4O2. The summed E-state index contributed by atoms with van der Waals surface area (Å²) in [5, 5.41) is 3.81. The van der Waals surface area contributed by atoms with Crippen LogP contribution in [0.15, 0.2) is 28.9 Å². The molecule has 3 rings (SSSR count). The second-order valence-corrected chi connectivity index (χ2v) is 4.49. The Kier molecular flexibility index (Phi) is 3.22. The van der Waals surface area contributed by atoms with E-state index in [-0.39, 0.29) is 11.8 Å². The standard InChI is InChI=1S/C13H14N4O2/c18-13(17-8-4-1-5-9-17)12-15-11(16-19-12)10-6-2-3-7-14-10/h2-3,6-7H,1,4-5,8-9H2. The molecule has 6 heteroatoms. The molecule has 19 heavy (non-hydrogen) atoms. The maximum Gasteiger partial charge on any atom is 0.316 e. The van der Waals surface area contributed by atoms with Gasteiger partial charge in [-0.1, -0.05) is 11.2 Å². The topological polar surface area (TPSA) is 72.1 Å². The molecule has 1 aliphatic heterocycles.